The number of nitrogens with one attached hydrogen (secondary N) is 1. The van der Waals surface area contributed by atoms with Crippen LogP contribution in [-0.2, 0) is 9.84 Å². The fourth-order valence-corrected chi connectivity index (χ4v) is 4.58. The number of hydrogen-bond donors (Lipinski definition) is 1. The summed E-state index contributed by atoms with van der Waals surface area (Å²) in [6, 6.07) is 0. The van der Waals surface area contributed by atoms with Gasteiger partial charge in [-0.25, -0.2) is 8.42 Å². The number of sulfone groups is 1. The van der Waals surface area contributed by atoms with Crippen LogP contribution in [0.5, 0.6) is 0 Å². The molecule has 0 aromatic heterocycles. The Hall–Kier alpha value is -0.130. The Labute approximate surface area is 105 Å². The van der Waals surface area contributed by atoms with Crippen molar-refractivity contribution in [1.29, 1.82) is 0 Å². The second-order valence-corrected chi connectivity index (χ2v) is 7.64. The summed E-state index contributed by atoms with van der Waals surface area (Å²) >= 11 is 0. The first kappa shape index (κ1) is 13.3. The van der Waals surface area contributed by atoms with Crippen LogP contribution in [0.25, 0.3) is 0 Å². The van der Waals surface area contributed by atoms with Gasteiger partial charge in [0.25, 0.3) is 0 Å². The van der Waals surface area contributed by atoms with Gasteiger partial charge in [0.15, 0.2) is 9.84 Å². The molecule has 2 fully saturated rings. The maximum absolute atomic E-state index is 11.6. The van der Waals surface area contributed by atoms with Crippen molar-refractivity contribution in [1.82, 2.24) is 10.2 Å². The Morgan fingerprint density at radius 3 is 2.59 bits per heavy atom. The SMILES string of the molecule is O=S1(=O)CCCC1CNCCCN1CCCC1. The molecule has 1 unspecified atom stereocenters. The predicted molar refractivity (Wildman–Crippen MR) is 70.0 cm³/mol. The van der Waals surface area contributed by atoms with Crippen LogP contribution in [0.4, 0.5) is 0 Å². The van der Waals surface area contributed by atoms with Gasteiger partial charge < -0.3 is 10.2 Å². The molecule has 2 saturated heterocycles. The van der Waals surface area contributed by atoms with E-state index < -0.39 is 9.84 Å². The average Bonchev–Trinajstić information content (AvgIpc) is 2.88. The van der Waals surface area contributed by atoms with Gasteiger partial charge in [0.1, 0.15) is 0 Å². The van der Waals surface area contributed by atoms with E-state index in [4.69, 9.17) is 0 Å². The summed E-state index contributed by atoms with van der Waals surface area (Å²) in [6.07, 6.45) is 5.51. The summed E-state index contributed by atoms with van der Waals surface area (Å²) in [5.74, 6) is 0.396. The smallest absolute Gasteiger partial charge is 0.154 e. The molecule has 2 rings (SSSR count). The standard InChI is InChI=1S/C12H24N2O2S/c15-17(16)10-3-5-12(17)11-13-6-4-9-14-7-1-2-8-14/h12-13H,1-11H2. The Morgan fingerprint density at radius 2 is 1.94 bits per heavy atom. The highest BCUT2D eigenvalue weighted by atomic mass is 32.2. The molecular formula is C12H24N2O2S. The molecule has 0 aliphatic carbocycles. The third-order valence-electron chi connectivity index (χ3n) is 3.86. The lowest BCUT2D eigenvalue weighted by molar-refractivity contribution is 0.331. The number of nitrogens with zero attached hydrogens (tertiary/aromatic N) is 1. The van der Waals surface area contributed by atoms with Crippen molar-refractivity contribution < 1.29 is 8.42 Å². The highest BCUT2D eigenvalue weighted by Crippen LogP contribution is 2.18. The molecule has 100 valence electrons. The second kappa shape index (κ2) is 6.16. The van der Waals surface area contributed by atoms with Crippen molar-refractivity contribution in [3.63, 3.8) is 0 Å². The van der Waals surface area contributed by atoms with Gasteiger partial charge in [-0.1, -0.05) is 0 Å². The van der Waals surface area contributed by atoms with Gasteiger partial charge in [0.2, 0.25) is 0 Å². The largest absolute Gasteiger partial charge is 0.315 e. The zero-order valence-corrected chi connectivity index (χ0v) is 11.3. The molecule has 0 bridgehead atoms. The third kappa shape index (κ3) is 3.93. The molecule has 1 N–H and O–H groups in total. The highest BCUT2D eigenvalue weighted by molar-refractivity contribution is 7.92. The molecule has 0 saturated carbocycles. The fraction of sp³-hybridized carbons (Fsp3) is 1.00. The molecule has 0 amide bonds. The Bertz CT molecular complexity index is 323. The summed E-state index contributed by atoms with van der Waals surface area (Å²) in [6.45, 7) is 5.25. The van der Waals surface area contributed by atoms with Crippen LogP contribution in [0.15, 0.2) is 0 Å². The lowest BCUT2D eigenvalue weighted by atomic mass is 10.2. The van der Waals surface area contributed by atoms with Gasteiger partial charge in [0, 0.05) is 6.54 Å². The monoisotopic (exact) mass is 260 g/mol. The Kier molecular flexibility index (Phi) is 4.82. The molecule has 2 heterocycles. The Balaban J connectivity index is 1.54. The van der Waals surface area contributed by atoms with E-state index in [2.05, 4.69) is 10.2 Å². The zero-order chi connectivity index (χ0) is 12.1. The second-order valence-electron chi connectivity index (χ2n) is 5.24. The summed E-state index contributed by atoms with van der Waals surface area (Å²) in [5.41, 5.74) is 0. The molecule has 0 aromatic carbocycles. The molecular weight excluding hydrogens is 236 g/mol. The molecule has 4 nitrogen and oxygen atoms in total. The van der Waals surface area contributed by atoms with Crippen molar-refractivity contribution in [3.8, 4) is 0 Å². The van der Waals surface area contributed by atoms with Crippen LogP contribution in [-0.4, -0.2) is 57.0 Å². The van der Waals surface area contributed by atoms with Crippen LogP contribution < -0.4 is 5.32 Å². The van der Waals surface area contributed by atoms with E-state index in [1.165, 1.54) is 25.9 Å². The lowest BCUT2D eigenvalue weighted by Crippen LogP contribution is -2.32. The van der Waals surface area contributed by atoms with Crippen molar-refractivity contribution in [3.05, 3.63) is 0 Å². The van der Waals surface area contributed by atoms with E-state index in [-0.39, 0.29) is 5.25 Å². The maximum atomic E-state index is 11.6. The predicted octanol–water partition coefficient (Wildman–Crippen LogP) is 0.639. The molecule has 0 spiro atoms. The molecule has 1 atom stereocenters. The van der Waals surface area contributed by atoms with E-state index in [0.29, 0.717) is 12.3 Å². The lowest BCUT2D eigenvalue weighted by Gasteiger charge is -2.15. The molecule has 2 aliphatic heterocycles. The first-order chi connectivity index (χ1) is 8.18. The van der Waals surface area contributed by atoms with Gasteiger partial charge in [0.05, 0.1) is 11.0 Å². The average molecular weight is 260 g/mol. The summed E-state index contributed by atoms with van der Waals surface area (Å²) in [5, 5.41) is 3.18. The molecule has 5 heteroatoms. The van der Waals surface area contributed by atoms with E-state index in [1.807, 2.05) is 0 Å². The molecule has 0 aromatic rings. The first-order valence-corrected chi connectivity index (χ1v) is 8.55. The van der Waals surface area contributed by atoms with Gasteiger partial charge in [-0.2, -0.15) is 0 Å². The number of rotatable bonds is 6. The van der Waals surface area contributed by atoms with Crippen LogP contribution in [0.3, 0.4) is 0 Å². The van der Waals surface area contributed by atoms with Gasteiger partial charge >= 0.3 is 0 Å². The van der Waals surface area contributed by atoms with Crippen molar-refractivity contribution in [2.24, 2.45) is 0 Å². The van der Waals surface area contributed by atoms with E-state index in [9.17, 15) is 8.42 Å². The number of hydrogen-bond acceptors (Lipinski definition) is 4. The van der Waals surface area contributed by atoms with Crippen molar-refractivity contribution in [2.45, 2.75) is 37.4 Å². The van der Waals surface area contributed by atoms with E-state index in [0.717, 1.165) is 32.4 Å². The third-order valence-corrected chi connectivity index (χ3v) is 6.14. The first-order valence-electron chi connectivity index (χ1n) is 6.83. The summed E-state index contributed by atoms with van der Waals surface area (Å²) in [4.78, 5) is 2.49. The Morgan fingerprint density at radius 1 is 1.18 bits per heavy atom. The summed E-state index contributed by atoms with van der Waals surface area (Å²) in [7, 11) is -2.76. The molecule has 17 heavy (non-hydrogen) atoms. The zero-order valence-electron chi connectivity index (χ0n) is 10.5. The topological polar surface area (TPSA) is 49.4 Å². The minimum absolute atomic E-state index is 0.116. The van der Waals surface area contributed by atoms with E-state index >= 15 is 0 Å². The minimum Gasteiger partial charge on any atom is -0.315 e. The van der Waals surface area contributed by atoms with Gasteiger partial charge in [-0.15, -0.1) is 0 Å². The van der Waals surface area contributed by atoms with E-state index in [1.54, 1.807) is 0 Å². The van der Waals surface area contributed by atoms with Crippen LogP contribution in [0.1, 0.15) is 32.1 Å². The maximum Gasteiger partial charge on any atom is 0.154 e. The van der Waals surface area contributed by atoms with Crippen molar-refractivity contribution in [2.75, 3.05) is 38.5 Å². The van der Waals surface area contributed by atoms with Crippen LogP contribution in [0, 0.1) is 0 Å². The normalized spacial score (nSPS) is 28.8. The van der Waals surface area contributed by atoms with Crippen LogP contribution in [0.2, 0.25) is 0 Å². The summed E-state index contributed by atoms with van der Waals surface area (Å²) < 4.78 is 23.2. The molecule has 0 radical (unpaired) electrons. The van der Waals surface area contributed by atoms with Gasteiger partial charge in [-0.3, -0.25) is 0 Å². The highest BCUT2D eigenvalue weighted by Gasteiger charge is 2.30. The minimum atomic E-state index is -2.76. The quantitative estimate of drug-likeness (QED) is 0.712. The van der Waals surface area contributed by atoms with Crippen molar-refractivity contribution >= 4 is 9.84 Å². The molecule has 2 aliphatic rings. The van der Waals surface area contributed by atoms with Gasteiger partial charge in [-0.05, 0) is 58.3 Å². The van der Waals surface area contributed by atoms with Crippen LogP contribution >= 0.6 is 0 Å². The number of likely N-dealkylation sites (tertiary alicyclic amines) is 1. The fourth-order valence-electron chi connectivity index (χ4n) is 2.78.